The van der Waals surface area contributed by atoms with Crippen molar-refractivity contribution in [3.63, 3.8) is 0 Å². The van der Waals surface area contributed by atoms with Crippen molar-refractivity contribution in [1.29, 1.82) is 5.26 Å². The molecule has 0 radical (unpaired) electrons. The van der Waals surface area contributed by atoms with Gasteiger partial charge in [0, 0.05) is 5.56 Å². The Morgan fingerprint density at radius 1 is 1.33 bits per heavy atom. The van der Waals surface area contributed by atoms with E-state index in [-0.39, 0.29) is 12.0 Å². The normalized spacial score (nSPS) is 13.5. The van der Waals surface area contributed by atoms with Gasteiger partial charge in [0.05, 0.1) is 32.2 Å². The summed E-state index contributed by atoms with van der Waals surface area (Å²) in [6, 6.07) is 7.90. The molecule has 4 nitrogen and oxygen atoms in total. The molecular formula is C14H20N2O2. The van der Waals surface area contributed by atoms with E-state index in [1.807, 2.05) is 32.2 Å². The lowest BCUT2D eigenvalue weighted by atomic mass is 9.91. The van der Waals surface area contributed by atoms with Crippen LogP contribution >= 0.6 is 0 Å². The van der Waals surface area contributed by atoms with Crippen LogP contribution in [-0.4, -0.2) is 21.3 Å². The molecule has 0 fully saturated rings. The number of benzene rings is 1. The smallest absolute Gasteiger partial charge is 0.123 e. The molecule has 0 aliphatic rings. The molecule has 0 aliphatic carbocycles. The number of methoxy groups -OCH3 is 2. The van der Waals surface area contributed by atoms with Crippen molar-refractivity contribution in [1.82, 2.24) is 5.32 Å². The first-order valence-electron chi connectivity index (χ1n) is 6.00. The fourth-order valence-electron chi connectivity index (χ4n) is 2.06. The Morgan fingerprint density at radius 2 is 2.06 bits per heavy atom. The van der Waals surface area contributed by atoms with E-state index in [9.17, 15) is 5.26 Å². The van der Waals surface area contributed by atoms with Crippen LogP contribution < -0.4 is 14.8 Å². The monoisotopic (exact) mass is 248 g/mol. The number of hydrogen-bond donors (Lipinski definition) is 1. The lowest BCUT2D eigenvalue weighted by Crippen LogP contribution is -2.24. The number of rotatable bonds is 6. The molecule has 0 spiro atoms. The van der Waals surface area contributed by atoms with Crippen LogP contribution in [0.15, 0.2) is 18.2 Å². The van der Waals surface area contributed by atoms with Gasteiger partial charge in [0.1, 0.15) is 11.5 Å². The van der Waals surface area contributed by atoms with Gasteiger partial charge in [-0.15, -0.1) is 0 Å². The van der Waals surface area contributed by atoms with Gasteiger partial charge < -0.3 is 14.8 Å². The maximum atomic E-state index is 9.22. The summed E-state index contributed by atoms with van der Waals surface area (Å²) in [6.07, 6.45) is 0.780. The van der Waals surface area contributed by atoms with Gasteiger partial charge in [-0.1, -0.05) is 6.92 Å². The van der Waals surface area contributed by atoms with Crippen LogP contribution in [0.2, 0.25) is 0 Å². The van der Waals surface area contributed by atoms with Gasteiger partial charge in [-0.3, -0.25) is 0 Å². The van der Waals surface area contributed by atoms with E-state index in [0.29, 0.717) is 0 Å². The Labute approximate surface area is 109 Å². The zero-order chi connectivity index (χ0) is 13.5. The van der Waals surface area contributed by atoms with Gasteiger partial charge in [-0.2, -0.15) is 5.26 Å². The van der Waals surface area contributed by atoms with E-state index in [4.69, 9.17) is 9.47 Å². The summed E-state index contributed by atoms with van der Waals surface area (Å²) in [5.41, 5.74) is 0.952. The van der Waals surface area contributed by atoms with E-state index in [1.54, 1.807) is 14.2 Å². The molecule has 1 aromatic rings. The van der Waals surface area contributed by atoms with Crippen molar-refractivity contribution in [3.05, 3.63) is 23.8 Å². The molecule has 2 unspecified atom stereocenters. The van der Waals surface area contributed by atoms with E-state index in [2.05, 4.69) is 11.4 Å². The number of hydrogen-bond acceptors (Lipinski definition) is 4. The van der Waals surface area contributed by atoms with Gasteiger partial charge in [-0.25, -0.2) is 0 Å². The van der Waals surface area contributed by atoms with Crippen LogP contribution in [0.1, 0.15) is 24.9 Å². The van der Waals surface area contributed by atoms with Crippen LogP contribution in [0.5, 0.6) is 11.5 Å². The highest BCUT2D eigenvalue weighted by Crippen LogP contribution is 2.33. The maximum Gasteiger partial charge on any atom is 0.123 e. The molecule has 1 N–H and O–H groups in total. The van der Waals surface area contributed by atoms with Crippen molar-refractivity contribution >= 4 is 0 Å². The quantitative estimate of drug-likeness (QED) is 0.840. The van der Waals surface area contributed by atoms with Crippen LogP contribution in [0.25, 0.3) is 0 Å². The zero-order valence-corrected chi connectivity index (χ0v) is 11.4. The molecule has 0 aromatic heterocycles. The minimum atomic E-state index is -0.101. The second kappa shape index (κ2) is 6.87. The van der Waals surface area contributed by atoms with Crippen LogP contribution in [0.3, 0.4) is 0 Å². The predicted octanol–water partition coefficient (Wildman–Crippen LogP) is 2.51. The summed E-state index contributed by atoms with van der Waals surface area (Å²) >= 11 is 0. The average Bonchev–Trinajstić information content (AvgIpc) is 2.43. The largest absolute Gasteiger partial charge is 0.497 e. The lowest BCUT2D eigenvalue weighted by Gasteiger charge is -2.23. The molecule has 1 aromatic carbocycles. The Balaban J connectivity index is 3.22. The standard InChI is InChI=1S/C14H20N2O2/c1-5-10(9-15)14(16-2)12-8-11(17-3)6-7-13(12)18-4/h6-8,10,14,16H,5H2,1-4H3. The van der Waals surface area contributed by atoms with Crippen molar-refractivity contribution in [2.45, 2.75) is 19.4 Å². The lowest BCUT2D eigenvalue weighted by molar-refractivity contribution is 0.376. The van der Waals surface area contributed by atoms with E-state index < -0.39 is 0 Å². The van der Waals surface area contributed by atoms with Crippen LogP contribution in [0, 0.1) is 17.2 Å². The molecule has 0 bridgehead atoms. The molecule has 4 heteroatoms. The van der Waals surface area contributed by atoms with Crippen molar-refractivity contribution < 1.29 is 9.47 Å². The maximum absolute atomic E-state index is 9.22. The third-order valence-corrected chi connectivity index (χ3v) is 3.09. The van der Waals surface area contributed by atoms with E-state index in [1.165, 1.54) is 0 Å². The number of ether oxygens (including phenoxy) is 2. The first-order valence-corrected chi connectivity index (χ1v) is 6.00. The first-order chi connectivity index (χ1) is 8.71. The Bertz CT molecular complexity index is 426. The van der Waals surface area contributed by atoms with Crippen LogP contribution in [0.4, 0.5) is 0 Å². The minimum absolute atomic E-state index is 0.0648. The van der Waals surface area contributed by atoms with Gasteiger partial charge in [0.2, 0.25) is 0 Å². The summed E-state index contributed by atoms with van der Waals surface area (Å²) in [5, 5.41) is 12.4. The topological polar surface area (TPSA) is 54.3 Å². The highest BCUT2D eigenvalue weighted by molar-refractivity contribution is 5.43. The summed E-state index contributed by atoms with van der Waals surface area (Å²) in [6.45, 7) is 2.00. The fourth-order valence-corrected chi connectivity index (χ4v) is 2.06. The summed E-state index contributed by atoms with van der Waals surface area (Å²) in [4.78, 5) is 0. The van der Waals surface area contributed by atoms with Gasteiger partial charge in [0.15, 0.2) is 0 Å². The first kappa shape index (κ1) is 14.3. The van der Waals surface area contributed by atoms with E-state index in [0.717, 1.165) is 23.5 Å². The molecule has 0 heterocycles. The summed E-state index contributed by atoms with van der Waals surface area (Å²) < 4.78 is 10.6. The zero-order valence-electron chi connectivity index (χ0n) is 11.4. The molecular weight excluding hydrogens is 228 g/mol. The van der Waals surface area contributed by atoms with Gasteiger partial charge in [0.25, 0.3) is 0 Å². The molecule has 2 atom stereocenters. The molecule has 0 saturated carbocycles. The number of nitriles is 1. The predicted molar refractivity (Wildman–Crippen MR) is 70.7 cm³/mol. The fraction of sp³-hybridized carbons (Fsp3) is 0.500. The molecule has 0 aliphatic heterocycles. The molecule has 0 amide bonds. The number of nitrogens with zero attached hydrogens (tertiary/aromatic N) is 1. The molecule has 1 rings (SSSR count). The van der Waals surface area contributed by atoms with Gasteiger partial charge >= 0.3 is 0 Å². The van der Waals surface area contributed by atoms with E-state index >= 15 is 0 Å². The van der Waals surface area contributed by atoms with Gasteiger partial charge in [-0.05, 0) is 31.7 Å². The van der Waals surface area contributed by atoms with Crippen molar-refractivity contribution in [2.24, 2.45) is 5.92 Å². The Kier molecular flexibility index (Phi) is 5.47. The minimum Gasteiger partial charge on any atom is -0.497 e. The summed E-state index contributed by atoms with van der Waals surface area (Å²) in [7, 11) is 5.11. The second-order valence-electron chi connectivity index (χ2n) is 4.02. The Hall–Kier alpha value is -1.73. The highest BCUT2D eigenvalue weighted by Gasteiger charge is 2.23. The number of nitrogens with one attached hydrogen (secondary N) is 1. The van der Waals surface area contributed by atoms with Crippen LogP contribution in [-0.2, 0) is 0 Å². The average molecular weight is 248 g/mol. The Morgan fingerprint density at radius 3 is 2.50 bits per heavy atom. The molecule has 18 heavy (non-hydrogen) atoms. The third-order valence-electron chi connectivity index (χ3n) is 3.09. The molecule has 98 valence electrons. The van der Waals surface area contributed by atoms with Crippen molar-refractivity contribution in [3.8, 4) is 17.6 Å². The second-order valence-corrected chi connectivity index (χ2v) is 4.02. The van der Waals surface area contributed by atoms with Crippen molar-refractivity contribution in [2.75, 3.05) is 21.3 Å². The third kappa shape index (κ3) is 2.93. The summed E-state index contributed by atoms with van der Waals surface area (Å²) in [5.74, 6) is 1.43. The highest BCUT2D eigenvalue weighted by atomic mass is 16.5. The SMILES string of the molecule is CCC(C#N)C(NC)c1cc(OC)ccc1OC. The molecule has 0 saturated heterocycles.